The van der Waals surface area contributed by atoms with Gasteiger partial charge in [-0.3, -0.25) is 4.79 Å². The van der Waals surface area contributed by atoms with Crippen molar-refractivity contribution in [1.82, 2.24) is 5.32 Å². The third-order valence-electron chi connectivity index (χ3n) is 4.03. The molecule has 0 bridgehead atoms. The molecule has 3 rings (SSSR count). The second kappa shape index (κ2) is 5.62. The predicted octanol–water partition coefficient (Wildman–Crippen LogP) is 2.71. The largest absolute Gasteiger partial charge is 0.388 e. The van der Waals surface area contributed by atoms with Crippen LogP contribution in [0, 0.1) is 6.92 Å². The number of aryl methyl sites for hydroxylation is 2. The number of fused-ring (bicyclic) bond motifs is 1. The van der Waals surface area contributed by atoms with Gasteiger partial charge in [-0.15, -0.1) is 11.3 Å². The van der Waals surface area contributed by atoms with Gasteiger partial charge in [0.25, 0.3) is 5.91 Å². The summed E-state index contributed by atoms with van der Waals surface area (Å²) in [6, 6.07) is 10.1. The lowest BCUT2D eigenvalue weighted by Gasteiger charge is -2.33. The highest BCUT2D eigenvalue weighted by Gasteiger charge is 2.32. The highest BCUT2D eigenvalue weighted by atomic mass is 32.1. The van der Waals surface area contributed by atoms with Crippen LogP contribution in [0.3, 0.4) is 0 Å². The summed E-state index contributed by atoms with van der Waals surface area (Å²) in [6.07, 6.45) is 2.15. The molecule has 0 radical (unpaired) electrons. The van der Waals surface area contributed by atoms with E-state index in [2.05, 4.69) is 17.4 Å². The fourth-order valence-electron chi connectivity index (χ4n) is 2.82. The summed E-state index contributed by atoms with van der Waals surface area (Å²) in [5.41, 5.74) is 2.75. The van der Waals surface area contributed by atoms with E-state index in [4.69, 9.17) is 0 Å². The van der Waals surface area contributed by atoms with Crippen molar-refractivity contribution in [2.24, 2.45) is 0 Å². The van der Waals surface area contributed by atoms with Gasteiger partial charge in [-0.2, -0.15) is 0 Å². The van der Waals surface area contributed by atoms with E-state index in [9.17, 15) is 9.90 Å². The van der Waals surface area contributed by atoms with Crippen LogP contribution in [0.5, 0.6) is 0 Å². The van der Waals surface area contributed by atoms with Gasteiger partial charge in [-0.05, 0) is 47.9 Å². The Morgan fingerprint density at radius 2 is 2.14 bits per heavy atom. The van der Waals surface area contributed by atoms with E-state index < -0.39 is 5.60 Å². The van der Waals surface area contributed by atoms with E-state index in [1.165, 1.54) is 22.5 Å². The summed E-state index contributed by atoms with van der Waals surface area (Å²) in [7, 11) is 0. The summed E-state index contributed by atoms with van der Waals surface area (Å²) in [6.45, 7) is 2.27. The number of benzene rings is 1. The van der Waals surface area contributed by atoms with Gasteiger partial charge in [0.15, 0.2) is 0 Å². The van der Waals surface area contributed by atoms with Gasteiger partial charge < -0.3 is 10.4 Å². The fraction of sp³-hybridized carbons (Fsp3) is 0.353. The van der Waals surface area contributed by atoms with Crippen LogP contribution in [0.4, 0.5) is 0 Å². The molecule has 0 fully saturated rings. The van der Waals surface area contributed by atoms with Gasteiger partial charge in [0.2, 0.25) is 0 Å². The molecule has 1 aliphatic rings. The molecule has 21 heavy (non-hydrogen) atoms. The summed E-state index contributed by atoms with van der Waals surface area (Å²) < 4.78 is 0. The number of carbonyl (C=O) groups excluding carboxylic acids is 1. The van der Waals surface area contributed by atoms with Crippen molar-refractivity contribution in [1.29, 1.82) is 0 Å². The Morgan fingerprint density at radius 3 is 2.86 bits per heavy atom. The van der Waals surface area contributed by atoms with E-state index in [1.807, 2.05) is 30.5 Å². The maximum atomic E-state index is 12.1. The number of nitrogens with one attached hydrogen (secondary N) is 1. The Bertz CT molecular complexity index is 664. The molecule has 3 nitrogen and oxygen atoms in total. The predicted molar refractivity (Wildman–Crippen MR) is 84.8 cm³/mol. The van der Waals surface area contributed by atoms with Crippen LogP contribution < -0.4 is 5.32 Å². The quantitative estimate of drug-likeness (QED) is 0.916. The van der Waals surface area contributed by atoms with Crippen molar-refractivity contribution < 1.29 is 9.90 Å². The summed E-state index contributed by atoms with van der Waals surface area (Å²) in [5, 5.41) is 15.5. The minimum atomic E-state index is -0.837. The molecule has 2 N–H and O–H groups in total. The van der Waals surface area contributed by atoms with Crippen molar-refractivity contribution in [2.75, 3.05) is 6.54 Å². The van der Waals surface area contributed by atoms with Gasteiger partial charge in [0.1, 0.15) is 0 Å². The lowest BCUT2D eigenvalue weighted by Crippen LogP contribution is -2.46. The minimum absolute atomic E-state index is 0.0969. The summed E-state index contributed by atoms with van der Waals surface area (Å²) in [5.74, 6) is -0.0969. The molecule has 0 aliphatic heterocycles. The molecular weight excluding hydrogens is 282 g/mol. The van der Waals surface area contributed by atoms with Crippen LogP contribution in [0.1, 0.15) is 32.8 Å². The number of aliphatic hydroxyl groups is 1. The molecule has 2 aromatic rings. The van der Waals surface area contributed by atoms with Gasteiger partial charge >= 0.3 is 0 Å². The van der Waals surface area contributed by atoms with E-state index in [0.717, 1.165) is 12.0 Å². The SMILES string of the molecule is Cc1csc(C(=O)NCC2(O)CCc3ccccc3C2)c1. The van der Waals surface area contributed by atoms with E-state index >= 15 is 0 Å². The molecule has 110 valence electrons. The Balaban J connectivity index is 1.64. The molecule has 0 spiro atoms. The lowest BCUT2D eigenvalue weighted by atomic mass is 9.80. The third kappa shape index (κ3) is 3.17. The van der Waals surface area contributed by atoms with E-state index in [-0.39, 0.29) is 5.91 Å². The van der Waals surface area contributed by atoms with Crippen LogP contribution in [0.25, 0.3) is 0 Å². The monoisotopic (exact) mass is 301 g/mol. The highest BCUT2D eigenvalue weighted by Crippen LogP contribution is 2.28. The number of hydrogen-bond donors (Lipinski definition) is 2. The standard InChI is InChI=1S/C17H19NO2S/c1-12-8-15(21-10-12)16(19)18-11-17(20)7-6-13-4-2-3-5-14(13)9-17/h2-5,8,10,20H,6-7,9,11H2,1H3,(H,18,19). The zero-order chi connectivity index (χ0) is 14.9. The Hall–Kier alpha value is -1.65. The lowest BCUT2D eigenvalue weighted by molar-refractivity contribution is 0.0260. The average Bonchev–Trinajstić information content (AvgIpc) is 2.91. The molecule has 1 amide bonds. The highest BCUT2D eigenvalue weighted by molar-refractivity contribution is 7.12. The number of carbonyl (C=O) groups is 1. The Labute approximate surface area is 128 Å². The average molecular weight is 301 g/mol. The van der Waals surface area contributed by atoms with Gasteiger partial charge in [0.05, 0.1) is 10.5 Å². The first-order valence-electron chi connectivity index (χ1n) is 7.18. The molecule has 1 aromatic heterocycles. The maximum absolute atomic E-state index is 12.1. The zero-order valence-electron chi connectivity index (χ0n) is 12.1. The molecule has 0 saturated carbocycles. The second-order valence-corrected chi connectivity index (χ2v) is 6.75. The number of amides is 1. The van der Waals surface area contributed by atoms with Gasteiger partial charge in [0, 0.05) is 13.0 Å². The van der Waals surface area contributed by atoms with Crippen molar-refractivity contribution in [2.45, 2.75) is 31.8 Å². The molecule has 1 heterocycles. The first kappa shape index (κ1) is 14.3. The van der Waals surface area contributed by atoms with Crippen LogP contribution in [0.15, 0.2) is 35.7 Å². The minimum Gasteiger partial charge on any atom is -0.388 e. The second-order valence-electron chi connectivity index (χ2n) is 5.84. The maximum Gasteiger partial charge on any atom is 0.261 e. The van der Waals surface area contributed by atoms with Crippen molar-refractivity contribution in [3.05, 3.63) is 57.3 Å². The van der Waals surface area contributed by atoms with E-state index in [0.29, 0.717) is 24.3 Å². The Morgan fingerprint density at radius 1 is 1.38 bits per heavy atom. The normalized spacial score (nSPS) is 20.9. The number of thiophene rings is 1. The van der Waals surface area contributed by atoms with Gasteiger partial charge in [-0.25, -0.2) is 0 Å². The van der Waals surface area contributed by atoms with E-state index in [1.54, 1.807) is 0 Å². The van der Waals surface area contributed by atoms with Crippen LogP contribution >= 0.6 is 11.3 Å². The fourth-order valence-corrected chi connectivity index (χ4v) is 3.63. The topological polar surface area (TPSA) is 49.3 Å². The number of hydrogen-bond acceptors (Lipinski definition) is 3. The third-order valence-corrected chi connectivity index (χ3v) is 5.08. The zero-order valence-corrected chi connectivity index (χ0v) is 12.9. The number of rotatable bonds is 3. The molecule has 0 saturated heterocycles. The van der Waals surface area contributed by atoms with Crippen molar-refractivity contribution in [3.63, 3.8) is 0 Å². The first-order chi connectivity index (χ1) is 10.1. The van der Waals surface area contributed by atoms with Crippen molar-refractivity contribution in [3.8, 4) is 0 Å². The van der Waals surface area contributed by atoms with Crippen LogP contribution in [-0.4, -0.2) is 23.2 Å². The van der Waals surface area contributed by atoms with Gasteiger partial charge in [-0.1, -0.05) is 24.3 Å². The molecule has 1 unspecified atom stereocenters. The smallest absolute Gasteiger partial charge is 0.261 e. The first-order valence-corrected chi connectivity index (χ1v) is 8.06. The van der Waals surface area contributed by atoms with Crippen LogP contribution in [0.2, 0.25) is 0 Å². The molecule has 1 aliphatic carbocycles. The summed E-state index contributed by atoms with van der Waals surface area (Å²) >= 11 is 1.44. The molecule has 1 aromatic carbocycles. The summed E-state index contributed by atoms with van der Waals surface area (Å²) in [4.78, 5) is 12.8. The van der Waals surface area contributed by atoms with Crippen LogP contribution in [-0.2, 0) is 12.8 Å². The molecule has 4 heteroatoms. The van der Waals surface area contributed by atoms with Crippen molar-refractivity contribution >= 4 is 17.2 Å². The molecular formula is C17H19NO2S. The Kier molecular flexibility index (Phi) is 3.83. The molecule has 1 atom stereocenters.